The van der Waals surface area contributed by atoms with Crippen molar-refractivity contribution in [3.8, 4) is 11.5 Å². The van der Waals surface area contributed by atoms with Crippen LogP contribution in [0.25, 0.3) is 0 Å². The number of rotatable bonds is 36. The van der Waals surface area contributed by atoms with Crippen molar-refractivity contribution in [1.29, 1.82) is 0 Å². The maximum Gasteiger partial charge on any atom is 0.347 e. The number of alkyl halides is 1. The van der Waals surface area contributed by atoms with E-state index in [9.17, 15) is 43.2 Å². The Kier molecular flexibility index (Phi) is 40.1. The van der Waals surface area contributed by atoms with Gasteiger partial charge in [0, 0.05) is 69.6 Å². The smallest absolute Gasteiger partial charge is 0.347 e. The number of hydrogen-bond acceptors (Lipinski definition) is 23. The van der Waals surface area contributed by atoms with Crippen molar-refractivity contribution in [3.63, 3.8) is 0 Å². The predicted octanol–water partition coefficient (Wildman–Crippen LogP) is 11.6. The van der Waals surface area contributed by atoms with E-state index in [1.807, 2.05) is 85.0 Å². The standard InChI is InChI=1S/C52H74ClN3O14.C37H46Cl2N2O8/c1-9-21-67-46(58)19-22-63-24-26-65-28-29-66-27-25-64-23-20-56(7)33-37-13-16-39(17-14-37)48-47(70-48)36(4)42-11-10-12-45(57)55-41(32-38-15-18-43(62-8)40(53)31-38)49(59)54-34-52(5,6)51(61)69-44(30-35(2)3)50(60)68-42;1-21(2)16-30-35(44)47-28(22(3)32-33(49-32)25-13-10-23(19-38)11-14-25)8-7-9-31(42)41-27(18-24-12-15-29(46-6)26(39)17-24)34(43)40-20-37(4,5)36(45)48-30/h9-10,12-18,31,35-36,41-42,44,47-48H,1,11,19-30,32-34H2,2-8H3,(H,54,59)(H,55,57);7,9-15,17,21-22,27-28,30,32-33H,8,16,18-20H2,1-6H3,(H,40,43)(H,41,42)/b12-10+;9-7+/t36-,41+,42-,44-,47+,48+;22-,27+,28-,30-,32+,33+/m00/s1. The second-order valence-electron chi connectivity index (χ2n) is 32.2. The molecule has 654 valence electrons. The zero-order valence-corrected chi connectivity index (χ0v) is 72.9. The number of amides is 4. The Hall–Kier alpha value is -8.48. The molecular weight excluding hydrogens is 1600 g/mol. The molecule has 27 nitrogen and oxygen atoms in total. The zero-order chi connectivity index (χ0) is 86.9. The topological polar surface area (TPSA) is 332 Å². The molecule has 4 heterocycles. The normalized spacial score (nSPS) is 23.6. The van der Waals surface area contributed by atoms with Crippen LogP contribution in [0.3, 0.4) is 0 Å². The minimum absolute atomic E-state index is 0.0116. The van der Waals surface area contributed by atoms with Crippen LogP contribution in [-0.2, 0) is 121 Å². The first kappa shape index (κ1) is 97.6. The second kappa shape index (κ2) is 48.8. The fourth-order valence-corrected chi connectivity index (χ4v) is 13.7. The Bertz CT molecular complexity index is 4050. The minimum atomic E-state index is -1.23. The van der Waals surface area contributed by atoms with Crippen molar-refractivity contribution in [2.24, 2.45) is 34.5 Å². The third kappa shape index (κ3) is 32.8. The number of benzene rings is 4. The number of halogens is 3. The summed E-state index contributed by atoms with van der Waals surface area (Å²) in [5.74, 6) is -4.32. The van der Waals surface area contributed by atoms with Gasteiger partial charge in [-0.2, -0.15) is 0 Å². The summed E-state index contributed by atoms with van der Waals surface area (Å²) in [6, 6.07) is 24.3. The van der Waals surface area contributed by atoms with Crippen LogP contribution in [-0.4, -0.2) is 207 Å². The van der Waals surface area contributed by atoms with Crippen molar-refractivity contribution >= 4 is 88.3 Å². The Balaban J connectivity index is 0.000000349. The van der Waals surface area contributed by atoms with Gasteiger partial charge in [0.1, 0.15) is 54.6 Å². The van der Waals surface area contributed by atoms with Gasteiger partial charge in [0.2, 0.25) is 23.6 Å². The van der Waals surface area contributed by atoms with E-state index in [-0.39, 0.29) is 125 Å². The van der Waals surface area contributed by atoms with E-state index in [2.05, 4.69) is 44.9 Å². The number of methoxy groups -OCH3 is 2. The highest BCUT2D eigenvalue weighted by Gasteiger charge is 2.50. The summed E-state index contributed by atoms with van der Waals surface area (Å²) in [6.45, 7) is 26.3. The summed E-state index contributed by atoms with van der Waals surface area (Å²) in [5.41, 5.74) is 3.01. The van der Waals surface area contributed by atoms with Crippen LogP contribution in [0.1, 0.15) is 147 Å². The van der Waals surface area contributed by atoms with Gasteiger partial charge < -0.3 is 82.8 Å². The first-order valence-electron chi connectivity index (χ1n) is 40.5. The molecule has 0 aliphatic carbocycles. The molecule has 2 saturated heterocycles. The summed E-state index contributed by atoms with van der Waals surface area (Å²) in [7, 11) is 5.04. The van der Waals surface area contributed by atoms with Crippen molar-refractivity contribution < 1.29 is 105 Å². The lowest BCUT2D eigenvalue weighted by molar-refractivity contribution is -0.179. The van der Waals surface area contributed by atoms with Gasteiger partial charge in [0.15, 0.2) is 12.2 Å². The number of hydrogen-bond donors (Lipinski definition) is 4. The van der Waals surface area contributed by atoms with E-state index < -0.39 is 94.8 Å². The molecule has 4 aromatic carbocycles. The molecule has 4 aliphatic rings. The lowest BCUT2D eigenvalue weighted by Gasteiger charge is -2.29. The van der Waals surface area contributed by atoms with Crippen molar-refractivity contribution in [1.82, 2.24) is 26.2 Å². The van der Waals surface area contributed by atoms with Gasteiger partial charge in [0.05, 0.1) is 107 Å². The Labute approximate surface area is 714 Å². The first-order valence-corrected chi connectivity index (χ1v) is 41.8. The van der Waals surface area contributed by atoms with E-state index in [1.165, 1.54) is 32.4 Å². The van der Waals surface area contributed by atoms with Gasteiger partial charge in [-0.3, -0.25) is 38.5 Å². The van der Waals surface area contributed by atoms with Gasteiger partial charge >= 0.3 is 29.8 Å². The van der Waals surface area contributed by atoms with Crippen LogP contribution >= 0.6 is 34.8 Å². The molecule has 0 unspecified atom stereocenters. The van der Waals surface area contributed by atoms with Crippen molar-refractivity contribution in [3.05, 3.63) is 165 Å². The number of ether oxygens (including phenoxy) is 13. The highest BCUT2D eigenvalue weighted by Crippen LogP contribution is 2.47. The summed E-state index contributed by atoms with van der Waals surface area (Å²) >= 11 is 18.7. The molecule has 4 aromatic rings. The zero-order valence-electron chi connectivity index (χ0n) is 70.7. The average molecular weight is 1720 g/mol. The van der Waals surface area contributed by atoms with Gasteiger partial charge in [-0.25, -0.2) is 9.59 Å². The van der Waals surface area contributed by atoms with Crippen molar-refractivity contribution in [2.45, 2.75) is 188 Å². The van der Waals surface area contributed by atoms with Gasteiger partial charge in [-0.05, 0) is 129 Å². The van der Waals surface area contributed by atoms with Crippen LogP contribution in [0.5, 0.6) is 11.5 Å². The number of carbonyl (C=O) groups is 9. The monoisotopic (exact) mass is 1720 g/mol. The molecule has 119 heavy (non-hydrogen) atoms. The van der Waals surface area contributed by atoms with Crippen LogP contribution in [0.15, 0.2) is 122 Å². The number of esters is 5. The third-order valence-electron chi connectivity index (χ3n) is 20.3. The lowest BCUT2D eigenvalue weighted by atomic mass is 9.92. The third-order valence-corrected chi connectivity index (χ3v) is 21.2. The predicted molar refractivity (Wildman–Crippen MR) is 448 cm³/mol. The summed E-state index contributed by atoms with van der Waals surface area (Å²) in [5, 5.41) is 11.8. The van der Waals surface area contributed by atoms with E-state index in [1.54, 1.807) is 76.2 Å². The van der Waals surface area contributed by atoms with Crippen molar-refractivity contribution in [2.75, 3.05) is 100 Å². The van der Waals surface area contributed by atoms with Crippen LogP contribution in [0, 0.1) is 34.5 Å². The molecule has 0 aromatic heterocycles. The first-order chi connectivity index (χ1) is 56.7. The average Bonchev–Trinajstić information content (AvgIpc) is 1.63. The molecule has 4 N–H and O–H groups in total. The summed E-state index contributed by atoms with van der Waals surface area (Å²) in [6.07, 6.45) is 3.83. The van der Waals surface area contributed by atoms with Gasteiger partial charge in [-0.15, -0.1) is 11.6 Å². The number of cyclic esters (lactones) is 4. The maximum atomic E-state index is 13.9. The molecule has 0 saturated carbocycles. The fourth-order valence-electron chi connectivity index (χ4n) is 13.0. The van der Waals surface area contributed by atoms with Crippen LogP contribution in [0.2, 0.25) is 10.0 Å². The number of epoxide rings is 2. The molecule has 4 aliphatic heterocycles. The van der Waals surface area contributed by atoms with E-state index in [0.717, 1.165) is 28.8 Å². The second-order valence-corrected chi connectivity index (χ2v) is 33.3. The Morgan fingerprint density at radius 1 is 0.555 bits per heavy atom. The quantitative estimate of drug-likeness (QED) is 0.00821. The lowest BCUT2D eigenvalue weighted by Crippen LogP contribution is -2.51. The van der Waals surface area contributed by atoms with Gasteiger partial charge in [-0.1, -0.05) is 150 Å². The number of nitrogens with zero attached hydrogens (tertiary/aromatic N) is 1. The Morgan fingerprint density at radius 3 is 1.34 bits per heavy atom. The molecule has 12 atom stereocenters. The van der Waals surface area contributed by atoms with Gasteiger partial charge in [0.25, 0.3) is 0 Å². The maximum absolute atomic E-state index is 13.9. The molecule has 0 spiro atoms. The molecule has 0 bridgehead atoms. The van der Waals surface area contributed by atoms with Crippen LogP contribution in [0.4, 0.5) is 0 Å². The molecule has 0 radical (unpaired) electrons. The summed E-state index contributed by atoms with van der Waals surface area (Å²) < 4.78 is 73.7. The SMILES string of the molecule is C=CCOC(=O)CCOCCOCCOCCOCCN(C)Cc1ccc([C@H]2O[C@@H]2[C@@H](C)[C@@H]2C/C=C/C(=O)N[C@H](Cc3ccc(OC)c(Cl)c3)C(=O)NCC(C)(C)C(=O)O[C@@H](CC(C)C)C(=O)O2)cc1.COc1ccc(C[C@H]2NC(=O)/C=C/C[C@@H]([C@H](C)[C@H]3O[C@@H]3c3ccc(CCl)cc3)OC(=O)[C@H](CC(C)C)OC(=O)C(C)(C)CNC2=O)cc1Cl. The minimum Gasteiger partial charge on any atom is -0.495 e. The highest BCUT2D eigenvalue weighted by atomic mass is 35.5. The van der Waals surface area contributed by atoms with E-state index in [0.29, 0.717) is 91.3 Å². The molecule has 4 amide bonds. The summed E-state index contributed by atoms with van der Waals surface area (Å²) in [4.78, 5) is 122. The molecular formula is C89H120Cl3N5O22. The number of likely N-dealkylation sites (N-methyl/N-ethyl adjacent to an activating group) is 1. The molecule has 30 heteroatoms. The number of nitrogens with one attached hydrogen (secondary N) is 4. The van der Waals surface area contributed by atoms with E-state index >= 15 is 0 Å². The number of carbonyl (C=O) groups excluding carboxylic acids is 9. The molecule has 8 rings (SSSR count). The van der Waals surface area contributed by atoms with E-state index in [4.69, 9.17) is 96.4 Å². The van der Waals surface area contributed by atoms with Crippen LogP contribution < -0.4 is 30.7 Å². The highest BCUT2D eigenvalue weighted by molar-refractivity contribution is 6.32. The Morgan fingerprint density at radius 2 is 0.950 bits per heavy atom. The fraction of sp³-hybridized carbons (Fsp3) is 0.562. The largest absolute Gasteiger partial charge is 0.495 e. The molecule has 2 fully saturated rings.